The monoisotopic (exact) mass is 186 g/mol. The Labute approximate surface area is 78.5 Å². The zero-order valence-electron chi connectivity index (χ0n) is 8.06. The molecule has 0 atom stereocenters. The van der Waals surface area contributed by atoms with E-state index in [4.69, 9.17) is 11.6 Å². The number of aryl methyl sites for hydroxylation is 1. The lowest BCUT2D eigenvalue weighted by Gasteiger charge is -2.05. The molecule has 0 saturated heterocycles. The lowest BCUT2D eigenvalue weighted by molar-refractivity contribution is 0.528. The summed E-state index contributed by atoms with van der Waals surface area (Å²) in [5.74, 6) is 0. The van der Waals surface area contributed by atoms with E-state index >= 15 is 0 Å². The molecule has 1 heterocycles. The minimum absolute atomic E-state index is 0.344. The van der Waals surface area contributed by atoms with E-state index < -0.39 is 0 Å². The standard InChI is InChI=1S/C9H15ClN2/c1-5-8-7(4)9(10)12(11-8)6(2)3/h6H,5H2,1-4H3. The van der Waals surface area contributed by atoms with Gasteiger partial charge < -0.3 is 0 Å². The van der Waals surface area contributed by atoms with E-state index in [2.05, 4.69) is 25.9 Å². The molecule has 0 N–H and O–H groups in total. The Hall–Kier alpha value is -0.500. The molecular formula is C9H15ClN2. The number of aromatic nitrogens is 2. The molecule has 1 rings (SSSR count). The minimum atomic E-state index is 0.344. The molecule has 0 spiro atoms. The lowest BCUT2D eigenvalue weighted by atomic mass is 10.2. The molecule has 2 nitrogen and oxygen atoms in total. The highest BCUT2D eigenvalue weighted by Gasteiger charge is 2.12. The highest BCUT2D eigenvalue weighted by molar-refractivity contribution is 6.30. The van der Waals surface area contributed by atoms with Gasteiger partial charge in [0, 0.05) is 11.6 Å². The Bertz CT molecular complexity index is 276. The van der Waals surface area contributed by atoms with E-state index in [1.165, 1.54) is 0 Å². The highest BCUT2D eigenvalue weighted by atomic mass is 35.5. The molecule has 0 saturated carbocycles. The molecule has 0 bridgehead atoms. The normalized spacial score (nSPS) is 11.2. The van der Waals surface area contributed by atoms with Crippen molar-refractivity contribution in [3.63, 3.8) is 0 Å². The van der Waals surface area contributed by atoms with Crippen molar-refractivity contribution in [3.8, 4) is 0 Å². The predicted molar refractivity (Wildman–Crippen MR) is 51.7 cm³/mol. The first-order valence-electron chi connectivity index (χ1n) is 4.31. The fraction of sp³-hybridized carbons (Fsp3) is 0.667. The Morgan fingerprint density at radius 2 is 2.08 bits per heavy atom. The van der Waals surface area contributed by atoms with Gasteiger partial charge in [0.15, 0.2) is 0 Å². The summed E-state index contributed by atoms with van der Waals surface area (Å²) in [6.45, 7) is 8.28. The van der Waals surface area contributed by atoms with E-state index in [9.17, 15) is 0 Å². The molecule has 1 aromatic heterocycles. The summed E-state index contributed by atoms with van der Waals surface area (Å²) in [6.07, 6.45) is 0.950. The average Bonchev–Trinajstić information content (AvgIpc) is 2.30. The maximum Gasteiger partial charge on any atom is 0.130 e. The average molecular weight is 187 g/mol. The maximum absolute atomic E-state index is 6.09. The van der Waals surface area contributed by atoms with Crippen LogP contribution in [0.5, 0.6) is 0 Å². The van der Waals surface area contributed by atoms with Gasteiger partial charge in [0.1, 0.15) is 5.15 Å². The summed E-state index contributed by atoms with van der Waals surface area (Å²) in [4.78, 5) is 0. The molecule has 0 aliphatic carbocycles. The molecule has 1 aromatic rings. The van der Waals surface area contributed by atoms with Crippen LogP contribution in [0, 0.1) is 6.92 Å². The van der Waals surface area contributed by atoms with Crippen molar-refractivity contribution in [2.24, 2.45) is 0 Å². The van der Waals surface area contributed by atoms with Gasteiger partial charge in [0.25, 0.3) is 0 Å². The smallest absolute Gasteiger partial charge is 0.130 e. The maximum atomic E-state index is 6.09. The molecule has 0 aliphatic heterocycles. The van der Waals surface area contributed by atoms with Gasteiger partial charge in [-0.05, 0) is 27.2 Å². The van der Waals surface area contributed by atoms with Crippen molar-refractivity contribution < 1.29 is 0 Å². The van der Waals surface area contributed by atoms with Crippen molar-refractivity contribution in [3.05, 3.63) is 16.4 Å². The third-order valence-corrected chi connectivity index (χ3v) is 2.45. The summed E-state index contributed by atoms with van der Waals surface area (Å²) in [5.41, 5.74) is 2.22. The molecular weight excluding hydrogens is 172 g/mol. The SMILES string of the molecule is CCc1nn(C(C)C)c(Cl)c1C. The van der Waals surface area contributed by atoms with Crippen LogP contribution in [0.3, 0.4) is 0 Å². The lowest BCUT2D eigenvalue weighted by Crippen LogP contribution is -2.03. The first-order valence-corrected chi connectivity index (χ1v) is 4.69. The number of hydrogen-bond acceptors (Lipinski definition) is 1. The summed E-state index contributed by atoms with van der Waals surface area (Å²) >= 11 is 6.09. The Morgan fingerprint density at radius 1 is 1.50 bits per heavy atom. The third-order valence-electron chi connectivity index (χ3n) is 2.00. The minimum Gasteiger partial charge on any atom is -0.251 e. The van der Waals surface area contributed by atoms with Crippen LogP contribution in [0.25, 0.3) is 0 Å². The van der Waals surface area contributed by atoms with Crippen LogP contribution in [0.4, 0.5) is 0 Å². The fourth-order valence-corrected chi connectivity index (χ4v) is 1.56. The molecule has 0 fully saturated rings. The Kier molecular flexibility index (Phi) is 2.78. The van der Waals surface area contributed by atoms with Gasteiger partial charge in [-0.1, -0.05) is 18.5 Å². The van der Waals surface area contributed by atoms with E-state index in [1.54, 1.807) is 0 Å². The van der Waals surface area contributed by atoms with Gasteiger partial charge >= 0.3 is 0 Å². The van der Waals surface area contributed by atoms with Gasteiger partial charge in [0.2, 0.25) is 0 Å². The van der Waals surface area contributed by atoms with E-state index in [-0.39, 0.29) is 0 Å². The predicted octanol–water partition coefficient (Wildman–Crippen LogP) is 2.99. The summed E-state index contributed by atoms with van der Waals surface area (Å²) in [6, 6.07) is 0.344. The fourth-order valence-electron chi connectivity index (χ4n) is 1.22. The summed E-state index contributed by atoms with van der Waals surface area (Å²) < 4.78 is 1.87. The highest BCUT2D eigenvalue weighted by Crippen LogP contribution is 2.22. The zero-order chi connectivity index (χ0) is 9.30. The van der Waals surface area contributed by atoms with Gasteiger partial charge in [-0.15, -0.1) is 0 Å². The quantitative estimate of drug-likeness (QED) is 0.695. The molecule has 0 aromatic carbocycles. The Balaban J connectivity index is 3.16. The molecule has 3 heteroatoms. The molecule has 0 amide bonds. The molecule has 12 heavy (non-hydrogen) atoms. The van der Waals surface area contributed by atoms with Crippen molar-refractivity contribution in [2.45, 2.75) is 40.2 Å². The first kappa shape index (κ1) is 9.59. The van der Waals surface area contributed by atoms with Crippen molar-refractivity contribution in [2.75, 3.05) is 0 Å². The molecule has 0 unspecified atom stereocenters. The van der Waals surface area contributed by atoms with Gasteiger partial charge in [-0.3, -0.25) is 4.68 Å². The van der Waals surface area contributed by atoms with Gasteiger partial charge in [-0.2, -0.15) is 5.10 Å². The topological polar surface area (TPSA) is 17.8 Å². The van der Waals surface area contributed by atoms with E-state index in [0.717, 1.165) is 22.8 Å². The van der Waals surface area contributed by atoms with Crippen LogP contribution >= 0.6 is 11.6 Å². The van der Waals surface area contributed by atoms with Gasteiger partial charge in [-0.25, -0.2) is 0 Å². The second kappa shape index (κ2) is 3.48. The van der Waals surface area contributed by atoms with Crippen LogP contribution in [0.2, 0.25) is 5.15 Å². The number of halogens is 1. The largest absolute Gasteiger partial charge is 0.251 e. The first-order chi connectivity index (χ1) is 5.57. The second-order valence-corrected chi connectivity index (χ2v) is 3.61. The van der Waals surface area contributed by atoms with Crippen LogP contribution in [0.15, 0.2) is 0 Å². The van der Waals surface area contributed by atoms with Crippen LogP contribution in [0.1, 0.15) is 38.1 Å². The molecule has 68 valence electrons. The van der Waals surface area contributed by atoms with Crippen molar-refractivity contribution in [1.82, 2.24) is 9.78 Å². The van der Waals surface area contributed by atoms with Crippen molar-refractivity contribution >= 4 is 11.6 Å². The number of nitrogens with zero attached hydrogens (tertiary/aromatic N) is 2. The van der Waals surface area contributed by atoms with Crippen LogP contribution in [-0.2, 0) is 6.42 Å². The van der Waals surface area contributed by atoms with E-state index in [1.807, 2.05) is 11.6 Å². The third kappa shape index (κ3) is 1.48. The summed E-state index contributed by atoms with van der Waals surface area (Å²) in [7, 11) is 0. The van der Waals surface area contributed by atoms with Crippen molar-refractivity contribution in [1.29, 1.82) is 0 Å². The second-order valence-electron chi connectivity index (χ2n) is 3.25. The van der Waals surface area contributed by atoms with Gasteiger partial charge in [0.05, 0.1) is 5.69 Å². The van der Waals surface area contributed by atoms with Crippen LogP contribution in [-0.4, -0.2) is 9.78 Å². The zero-order valence-corrected chi connectivity index (χ0v) is 8.81. The molecule has 0 radical (unpaired) electrons. The van der Waals surface area contributed by atoms with Crippen LogP contribution < -0.4 is 0 Å². The summed E-state index contributed by atoms with van der Waals surface area (Å²) in [5, 5.41) is 5.19. The number of hydrogen-bond donors (Lipinski definition) is 0. The molecule has 0 aliphatic rings. The van der Waals surface area contributed by atoms with E-state index in [0.29, 0.717) is 6.04 Å². The number of rotatable bonds is 2. The Morgan fingerprint density at radius 3 is 2.33 bits per heavy atom.